The van der Waals surface area contributed by atoms with Gasteiger partial charge in [0.05, 0.1) is 0 Å². The van der Waals surface area contributed by atoms with Crippen molar-refractivity contribution in [2.45, 2.75) is 51.7 Å². The monoisotopic (exact) mass is 247 g/mol. The van der Waals surface area contributed by atoms with Gasteiger partial charge in [-0.15, -0.1) is 11.6 Å². The van der Waals surface area contributed by atoms with Crippen molar-refractivity contribution < 1.29 is 9.53 Å². The van der Waals surface area contributed by atoms with Crippen LogP contribution in [0.3, 0.4) is 0 Å². The molecule has 1 heterocycles. The van der Waals surface area contributed by atoms with Gasteiger partial charge in [-0.05, 0) is 32.1 Å². The molecular weight excluding hydrogens is 226 g/mol. The predicted octanol–water partition coefficient (Wildman–Crippen LogP) is 2.33. The first-order valence-corrected chi connectivity index (χ1v) is 6.54. The van der Waals surface area contributed by atoms with Crippen LogP contribution in [0.5, 0.6) is 0 Å². The second-order valence-corrected chi connectivity index (χ2v) is 5.36. The van der Waals surface area contributed by atoms with Gasteiger partial charge in [-0.2, -0.15) is 0 Å². The third-order valence-corrected chi connectivity index (χ3v) is 3.46. The van der Waals surface area contributed by atoms with Gasteiger partial charge >= 0.3 is 0 Å². The Kier molecular flexibility index (Phi) is 5.06. The molecule has 94 valence electrons. The van der Waals surface area contributed by atoms with Crippen molar-refractivity contribution in [3.63, 3.8) is 0 Å². The van der Waals surface area contributed by atoms with Crippen LogP contribution in [0.1, 0.15) is 40.0 Å². The minimum Gasteiger partial charge on any atom is -0.365 e. The van der Waals surface area contributed by atoms with Crippen LogP contribution in [0.25, 0.3) is 0 Å². The fourth-order valence-electron chi connectivity index (χ4n) is 1.97. The summed E-state index contributed by atoms with van der Waals surface area (Å²) in [5.41, 5.74) is -0.626. The highest BCUT2D eigenvalue weighted by atomic mass is 35.5. The molecule has 4 heteroatoms. The fourth-order valence-corrected chi connectivity index (χ4v) is 2.20. The normalized spacial score (nSPS) is 27.1. The van der Waals surface area contributed by atoms with E-state index in [0.717, 1.165) is 19.3 Å². The molecule has 2 unspecified atom stereocenters. The lowest BCUT2D eigenvalue weighted by atomic mass is 9.97. The van der Waals surface area contributed by atoms with Gasteiger partial charge in [0.15, 0.2) is 0 Å². The Morgan fingerprint density at radius 2 is 2.25 bits per heavy atom. The Morgan fingerprint density at radius 3 is 2.69 bits per heavy atom. The number of alkyl halides is 1. The highest BCUT2D eigenvalue weighted by molar-refractivity contribution is 6.17. The zero-order chi connectivity index (χ0) is 12.2. The second kappa shape index (κ2) is 5.87. The average Bonchev–Trinajstić information content (AvgIpc) is 2.65. The molecule has 0 spiro atoms. The minimum atomic E-state index is -0.626. The predicted molar refractivity (Wildman–Crippen MR) is 65.7 cm³/mol. The van der Waals surface area contributed by atoms with Crippen LogP contribution in [-0.2, 0) is 9.53 Å². The quantitative estimate of drug-likeness (QED) is 0.758. The summed E-state index contributed by atoms with van der Waals surface area (Å²) in [7, 11) is 0. The number of rotatable bonds is 5. The molecule has 2 atom stereocenters. The Labute approximate surface area is 103 Å². The summed E-state index contributed by atoms with van der Waals surface area (Å²) < 4.78 is 5.52. The lowest BCUT2D eigenvalue weighted by Crippen LogP contribution is -2.49. The summed E-state index contributed by atoms with van der Waals surface area (Å²) in [6, 6.07) is 0.144. The summed E-state index contributed by atoms with van der Waals surface area (Å²) in [5, 5.41) is 3.05. The molecule has 1 aliphatic heterocycles. The van der Waals surface area contributed by atoms with E-state index in [2.05, 4.69) is 19.2 Å². The van der Waals surface area contributed by atoms with Crippen LogP contribution >= 0.6 is 11.6 Å². The zero-order valence-corrected chi connectivity index (χ0v) is 11.1. The van der Waals surface area contributed by atoms with Gasteiger partial charge in [-0.3, -0.25) is 4.79 Å². The van der Waals surface area contributed by atoms with Gasteiger partial charge < -0.3 is 10.1 Å². The van der Waals surface area contributed by atoms with E-state index in [-0.39, 0.29) is 11.9 Å². The molecule has 3 nitrogen and oxygen atoms in total. The third-order valence-electron chi connectivity index (χ3n) is 3.24. The molecule has 0 aromatic carbocycles. The van der Waals surface area contributed by atoms with Gasteiger partial charge in [0.25, 0.3) is 5.91 Å². The zero-order valence-electron chi connectivity index (χ0n) is 10.4. The van der Waals surface area contributed by atoms with Gasteiger partial charge in [-0.1, -0.05) is 13.8 Å². The number of amides is 1. The average molecular weight is 248 g/mol. The molecule has 0 saturated carbocycles. The molecule has 1 rings (SSSR count). The summed E-state index contributed by atoms with van der Waals surface area (Å²) in [6.07, 6.45) is 2.58. The SMILES string of the molecule is CC(C)C(CCCl)NC(=O)C1(C)CCCO1. The van der Waals surface area contributed by atoms with Crippen molar-refractivity contribution in [2.75, 3.05) is 12.5 Å². The first kappa shape index (κ1) is 13.8. The topological polar surface area (TPSA) is 38.3 Å². The van der Waals surface area contributed by atoms with Gasteiger partial charge in [0, 0.05) is 18.5 Å². The van der Waals surface area contributed by atoms with Crippen molar-refractivity contribution in [1.29, 1.82) is 0 Å². The molecular formula is C12H22ClNO2. The van der Waals surface area contributed by atoms with Crippen molar-refractivity contribution >= 4 is 17.5 Å². The molecule has 1 aliphatic rings. The van der Waals surface area contributed by atoms with Gasteiger partial charge in [0.1, 0.15) is 5.60 Å². The van der Waals surface area contributed by atoms with E-state index < -0.39 is 5.60 Å². The van der Waals surface area contributed by atoms with Crippen LogP contribution in [0.2, 0.25) is 0 Å². The Balaban J connectivity index is 2.53. The molecule has 1 fully saturated rings. The number of carbonyl (C=O) groups is 1. The largest absolute Gasteiger partial charge is 0.365 e. The van der Waals surface area contributed by atoms with Gasteiger partial charge in [-0.25, -0.2) is 0 Å². The van der Waals surface area contributed by atoms with Crippen molar-refractivity contribution in [1.82, 2.24) is 5.32 Å². The van der Waals surface area contributed by atoms with E-state index in [1.54, 1.807) is 0 Å². The van der Waals surface area contributed by atoms with Gasteiger partial charge in [0.2, 0.25) is 0 Å². The van der Waals surface area contributed by atoms with E-state index >= 15 is 0 Å². The van der Waals surface area contributed by atoms with E-state index in [9.17, 15) is 4.79 Å². The molecule has 0 bridgehead atoms. The number of hydrogen-bond donors (Lipinski definition) is 1. The van der Waals surface area contributed by atoms with Crippen LogP contribution in [0, 0.1) is 5.92 Å². The first-order valence-electron chi connectivity index (χ1n) is 6.00. The molecule has 1 N–H and O–H groups in total. The van der Waals surface area contributed by atoms with Crippen LogP contribution in [-0.4, -0.2) is 30.0 Å². The minimum absolute atomic E-state index is 0.00816. The molecule has 0 radical (unpaired) electrons. The molecule has 0 aromatic rings. The molecule has 16 heavy (non-hydrogen) atoms. The molecule has 1 amide bonds. The molecule has 0 aliphatic carbocycles. The second-order valence-electron chi connectivity index (χ2n) is 4.98. The van der Waals surface area contributed by atoms with Crippen LogP contribution in [0.15, 0.2) is 0 Å². The maximum atomic E-state index is 12.1. The lowest BCUT2D eigenvalue weighted by molar-refractivity contribution is -0.140. The maximum absolute atomic E-state index is 12.1. The Morgan fingerprint density at radius 1 is 1.56 bits per heavy atom. The number of halogens is 1. The highest BCUT2D eigenvalue weighted by Gasteiger charge is 2.38. The smallest absolute Gasteiger partial charge is 0.252 e. The summed E-state index contributed by atoms with van der Waals surface area (Å²) >= 11 is 5.74. The van der Waals surface area contributed by atoms with Crippen LogP contribution in [0.4, 0.5) is 0 Å². The van der Waals surface area contributed by atoms with E-state index in [1.165, 1.54) is 0 Å². The van der Waals surface area contributed by atoms with E-state index in [1.807, 2.05) is 6.92 Å². The van der Waals surface area contributed by atoms with Crippen molar-refractivity contribution in [2.24, 2.45) is 5.92 Å². The van der Waals surface area contributed by atoms with Crippen LogP contribution < -0.4 is 5.32 Å². The lowest BCUT2D eigenvalue weighted by Gasteiger charge is -2.28. The first-order chi connectivity index (χ1) is 7.49. The maximum Gasteiger partial charge on any atom is 0.252 e. The summed E-state index contributed by atoms with van der Waals surface area (Å²) in [4.78, 5) is 12.1. The Hall–Kier alpha value is -0.280. The number of carbonyl (C=O) groups excluding carboxylic acids is 1. The molecule has 0 aromatic heterocycles. The summed E-state index contributed by atoms with van der Waals surface area (Å²) in [6.45, 7) is 6.74. The standard InChI is InChI=1S/C12H22ClNO2/c1-9(2)10(5-7-13)14-11(15)12(3)6-4-8-16-12/h9-10H,4-8H2,1-3H3,(H,14,15). The Bertz CT molecular complexity index is 237. The number of hydrogen-bond acceptors (Lipinski definition) is 2. The van der Waals surface area contributed by atoms with Crippen molar-refractivity contribution in [3.8, 4) is 0 Å². The highest BCUT2D eigenvalue weighted by Crippen LogP contribution is 2.25. The number of ether oxygens (including phenoxy) is 1. The third kappa shape index (κ3) is 3.36. The number of nitrogens with one attached hydrogen (secondary N) is 1. The molecule has 1 saturated heterocycles. The van der Waals surface area contributed by atoms with E-state index in [4.69, 9.17) is 16.3 Å². The fraction of sp³-hybridized carbons (Fsp3) is 0.917. The summed E-state index contributed by atoms with van der Waals surface area (Å²) in [5.74, 6) is 0.974. The van der Waals surface area contributed by atoms with E-state index in [0.29, 0.717) is 18.4 Å². The van der Waals surface area contributed by atoms with Crippen molar-refractivity contribution in [3.05, 3.63) is 0 Å².